The number of pyridine rings is 1. The van der Waals surface area contributed by atoms with Gasteiger partial charge in [-0.2, -0.15) is 5.10 Å². The summed E-state index contributed by atoms with van der Waals surface area (Å²) in [6.07, 6.45) is 6.49. The Hall–Kier alpha value is -3.16. The standard InChI is InChI=1S/C19H22FN5O2/c1-11(19(2,3)20)24-17-15(18(21)26)9-23-25-10-13(6-16(17)25)12-5-14(27-4)8-22-7-12/h5-11,24H,1-4H3,(H2,21,26)/t11-/m1/s1. The van der Waals surface area contributed by atoms with Crippen LogP contribution in [0.25, 0.3) is 16.6 Å². The second-order valence-corrected chi connectivity index (χ2v) is 6.90. The topological polar surface area (TPSA) is 94.5 Å². The first kappa shape index (κ1) is 18.6. The number of primary amides is 1. The van der Waals surface area contributed by atoms with Crippen LogP contribution in [0.2, 0.25) is 0 Å². The highest BCUT2D eigenvalue weighted by Crippen LogP contribution is 2.31. The molecule has 1 amide bonds. The van der Waals surface area contributed by atoms with Crippen molar-refractivity contribution in [3.8, 4) is 16.9 Å². The number of hydrogen-bond acceptors (Lipinski definition) is 5. The lowest BCUT2D eigenvalue weighted by Crippen LogP contribution is -2.36. The molecule has 0 aliphatic heterocycles. The fourth-order valence-electron chi connectivity index (χ4n) is 2.63. The lowest BCUT2D eigenvalue weighted by atomic mass is 10.0. The summed E-state index contributed by atoms with van der Waals surface area (Å²) in [5, 5.41) is 7.34. The normalized spacial score (nSPS) is 12.8. The number of anilines is 1. The monoisotopic (exact) mass is 371 g/mol. The molecule has 3 N–H and O–H groups in total. The number of ether oxygens (including phenoxy) is 1. The summed E-state index contributed by atoms with van der Waals surface area (Å²) in [5.74, 6) is -0.0122. The molecule has 3 heterocycles. The van der Waals surface area contributed by atoms with Crippen molar-refractivity contribution in [1.29, 1.82) is 0 Å². The maximum absolute atomic E-state index is 14.3. The van der Waals surface area contributed by atoms with Gasteiger partial charge in [0, 0.05) is 23.5 Å². The van der Waals surface area contributed by atoms with Gasteiger partial charge in [0.2, 0.25) is 0 Å². The molecule has 27 heavy (non-hydrogen) atoms. The van der Waals surface area contributed by atoms with Crippen LogP contribution < -0.4 is 15.8 Å². The SMILES string of the molecule is COc1cncc(-c2cc3c(N[C@H](C)C(C)(C)F)c(C(N)=O)cnn3c2)c1. The summed E-state index contributed by atoms with van der Waals surface area (Å²) in [7, 11) is 1.57. The van der Waals surface area contributed by atoms with Crippen LogP contribution in [-0.4, -0.2) is 39.3 Å². The van der Waals surface area contributed by atoms with Crippen LogP contribution in [0.3, 0.4) is 0 Å². The quantitative estimate of drug-likeness (QED) is 0.694. The van der Waals surface area contributed by atoms with Crippen molar-refractivity contribution in [2.24, 2.45) is 5.73 Å². The van der Waals surface area contributed by atoms with Crippen molar-refractivity contribution in [3.63, 3.8) is 0 Å². The Labute approximate surface area is 156 Å². The molecule has 3 aromatic heterocycles. The Kier molecular flexibility index (Phi) is 4.73. The number of amides is 1. The molecule has 7 nitrogen and oxygen atoms in total. The smallest absolute Gasteiger partial charge is 0.252 e. The maximum Gasteiger partial charge on any atom is 0.252 e. The molecule has 0 unspecified atom stereocenters. The third kappa shape index (κ3) is 3.69. The molecule has 0 saturated carbocycles. The van der Waals surface area contributed by atoms with Crippen LogP contribution >= 0.6 is 0 Å². The predicted octanol–water partition coefficient (Wildman–Crippen LogP) is 3.05. The fraction of sp³-hybridized carbons (Fsp3) is 0.316. The number of fused-ring (bicyclic) bond motifs is 1. The van der Waals surface area contributed by atoms with Crippen molar-refractivity contribution >= 4 is 17.1 Å². The number of methoxy groups -OCH3 is 1. The van der Waals surface area contributed by atoms with Crippen molar-refractivity contribution in [2.75, 3.05) is 12.4 Å². The van der Waals surface area contributed by atoms with E-state index in [0.717, 1.165) is 11.1 Å². The van der Waals surface area contributed by atoms with Crippen molar-refractivity contribution in [1.82, 2.24) is 14.6 Å². The molecular formula is C19H22FN5O2. The van der Waals surface area contributed by atoms with Gasteiger partial charge in [0.25, 0.3) is 5.91 Å². The number of aromatic nitrogens is 3. The van der Waals surface area contributed by atoms with Gasteiger partial charge in [0.1, 0.15) is 11.4 Å². The van der Waals surface area contributed by atoms with Crippen molar-refractivity contribution in [2.45, 2.75) is 32.5 Å². The lowest BCUT2D eigenvalue weighted by Gasteiger charge is -2.26. The molecule has 0 aromatic carbocycles. The molecule has 1 atom stereocenters. The molecule has 0 saturated heterocycles. The van der Waals surface area contributed by atoms with Crippen LogP contribution in [0.4, 0.5) is 10.1 Å². The minimum atomic E-state index is -1.50. The van der Waals surface area contributed by atoms with E-state index in [0.29, 0.717) is 17.0 Å². The molecule has 0 aliphatic rings. The van der Waals surface area contributed by atoms with E-state index < -0.39 is 17.6 Å². The Morgan fingerprint density at radius 2 is 2.04 bits per heavy atom. The minimum Gasteiger partial charge on any atom is -0.495 e. The van der Waals surface area contributed by atoms with Crippen LogP contribution in [0.5, 0.6) is 5.75 Å². The summed E-state index contributed by atoms with van der Waals surface area (Å²) in [5.41, 5.74) is 6.90. The van der Waals surface area contributed by atoms with E-state index in [-0.39, 0.29) is 5.56 Å². The third-order valence-electron chi connectivity index (χ3n) is 4.58. The molecule has 0 spiro atoms. The first-order valence-corrected chi connectivity index (χ1v) is 8.46. The Balaban J connectivity index is 2.15. The number of halogens is 1. The number of carbonyl (C=O) groups excluding carboxylic acids is 1. The number of nitrogens with zero attached hydrogens (tertiary/aromatic N) is 3. The van der Waals surface area contributed by atoms with Gasteiger partial charge in [-0.3, -0.25) is 9.78 Å². The number of hydrogen-bond donors (Lipinski definition) is 2. The highest BCUT2D eigenvalue weighted by molar-refractivity contribution is 6.02. The summed E-state index contributed by atoms with van der Waals surface area (Å²) >= 11 is 0. The van der Waals surface area contributed by atoms with Gasteiger partial charge in [-0.25, -0.2) is 8.91 Å². The highest BCUT2D eigenvalue weighted by Gasteiger charge is 2.27. The van der Waals surface area contributed by atoms with Crippen molar-refractivity contribution in [3.05, 3.63) is 42.5 Å². The van der Waals surface area contributed by atoms with E-state index in [2.05, 4.69) is 15.4 Å². The second kappa shape index (κ2) is 6.86. The second-order valence-electron chi connectivity index (χ2n) is 6.90. The average molecular weight is 371 g/mol. The number of alkyl halides is 1. The first-order chi connectivity index (χ1) is 12.7. The fourth-order valence-corrected chi connectivity index (χ4v) is 2.63. The summed E-state index contributed by atoms with van der Waals surface area (Å²) in [6, 6.07) is 3.13. The maximum atomic E-state index is 14.3. The van der Waals surface area contributed by atoms with Gasteiger partial charge in [-0.1, -0.05) is 0 Å². The third-order valence-corrected chi connectivity index (χ3v) is 4.58. The van der Waals surface area contributed by atoms with Gasteiger partial charge in [0.15, 0.2) is 0 Å². The van der Waals surface area contributed by atoms with Crippen LogP contribution in [0, 0.1) is 0 Å². The van der Waals surface area contributed by atoms with Crippen molar-refractivity contribution < 1.29 is 13.9 Å². The number of nitrogens with two attached hydrogens (primary N) is 1. The van der Waals surface area contributed by atoms with E-state index in [9.17, 15) is 9.18 Å². The van der Waals surface area contributed by atoms with Crippen LogP contribution in [0.15, 0.2) is 36.9 Å². The lowest BCUT2D eigenvalue weighted by molar-refractivity contribution is 0.1000. The Bertz CT molecular complexity index is 993. The van der Waals surface area contributed by atoms with Gasteiger partial charge in [-0.15, -0.1) is 0 Å². The zero-order chi connectivity index (χ0) is 19.8. The minimum absolute atomic E-state index is 0.201. The molecule has 0 radical (unpaired) electrons. The largest absolute Gasteiger partial charge is 0.495 e. The zero-order valence-electron chi connectivity index (χ0n) is 15.7. The molecule has 3 rings (SSSR count). The number of carbonyl (C=O) groups is 1. The van der Waals surface area contributed by atoms with E-state index in [1.807, 2.05) is 12.1 Å². The number of rotatable bonds is 6. The molecule has 0 aliphatic carbocycles. The van der Waals surface area contributed by atoms with Gasteiger partial charge < -0.3 is 15.8 Å². The van der Waals surface area contributed by atoms with E-state index in [1.165, 1.54) is 20.0 Å². The highest BCUT2D eigenvalue weighted by atomic mass is 19.1. The summed E-state index contributed by atoms with van der Waals surface area (Å²) < 4.78 is 21.2. The molecular weight excluding hydrogens is 349 g/mol. The van der Waals surface area contributed by atoms with Gasteiger partial charge in [0.05, 0.1) is 42.3 Å². The summed E-state index contributed by atoms with van der Waals surface area (Å²) in [6.45, 7) is 4.65. The first-order valence-electron chi connectivity index (χ1n) is 8.46. The van der Waals surface area contributed by atoms with E-state index in [1.54, 1.807) is 37.1 Å². The summed E-state index contributed by atoms with van der Waals surface area (Å²) in [4.78, 5) is 16.0. The Morgan fingerprint density at radius 3 is 2.67 bits per heavy atom. The molecule has 0 fully saturated rings. The zero-order valence-corrected chi connectivity index (χ0v) is 15.7. The van der Waals surface area contributed by atoms with Crippen LogP contribution in [-0.2, 0) is 0 Å². The molecule has 3 aromatic rings. The predicted molar refractivity (Wildman–Crippen MR) is 102 cm³/mol. The molecule has 142 valence electrons. The van der Waals surface area contributed by atoms with E-state index >= 15 is 0 Å². The van der Waals surface area contributed by atoms with Gasteiger partial charge in [-0.05, 0) is 32.9 Å². The van der Waals surface area contributed by atoms with Crippen LogP contribution in [0.1, 0.15) is 31.1 Å². The molecule has 8 heteroatoms. The van der Waals surface area contributed by atoms with Gasteiger partial charge >= 0.3 is 0 Å². The molecule has 0 bridgehead atoms. The average Bonchev–Trinajstić information content (AvgIpc) is 3.05. The Morgan fingerprint density at radius 1 is 1.30 bits per heavy atom. The van der Waals surface area contributed by atoms with E-state index in [4.69, 9.17) is 10.5 Å². The number of nitrogens with one attached hydrogen (secondary N) is 1.